The van der Waals surface area contributed by atoms with E-state index in [-0.39, 0.29) is 0 Å². The van der Waals surface area contributed by atoms with Crippen LogP contribution >= 0.6 is 0 Å². The number of nitrogens with one attached hydrogen (secondary N) is 1. The van der Waals surface area contributed by atoms with E-state index in [1.165, 1.54) is 32.2 Å². The van der Waals surface area contributed by atoms with Crippen LogP contribution in [0.5, 0.6) is 0 Å². The zero-order chi connectivity index (χ0) is 5.40. The summed E-state index contributed by atoms with van der Waals surface area (Å²) in [6.07, 6.45) is 5.85. The molecular formula is C7H13N. The Kier molecular flexibility index (Phi) is 1.04. The van der Waals surface area contributed by atoms with Crippen LogP contribution in [0, 0.1) is 5.92 Å². The van der Waals surface area contributed by atoms with Crippen molar-refractivity contribution in [2.75, 3.05) is 6.54 Å². The molecule has 0 radical (unpaired) electrons. The minimum absolute atomic E-state index is 0.942. The molecule has 1 heterocycles. The standard InChI is InChI=1S/C7H13N/c1-2-4-8-7-5-6(7)3-1/h6-8H,1-5H2/t6-,7-/m0/s1. The first-order valence-corrected chi connectivity index (χ1v) is 3.70. The third-order valence-corrected chi connectivity index (χ3v) is 2.33. The summed E-state index contributed by atoms with van der Waals surface area (Å²) in [6.45, 7) is 1.28. The van der Waals surface area contributed by atoms with Crippen molar-refractivity contribution in [1.82, 2.24) is 5.32 Å². The van der Waals surface area contributed by atoms with Crippen molar-refractivity contribution < 1.29 is 0 Å². The second-order valence-corrected chi connectivity index (χ2v) is 3.05. The van der Waals surface area contributed by atoms with Gasteiger partial charge >= 0.3 is 0 Å². The number of hydrogen-bond acceptors (Lipinski definition) is 1. The molecule has 1 nitrogen and oxygen atoms in total. The minimum Gasteiger partial charge on any atom is -0.314 e. The molecule has 46 valence electrons. The first-order chi connectivity index (χ1) is 3.97. The first kappa shape index (κ1) is 4.80. The lowest BCUT2D eigenvalue weighted by Gasteiger charge is -1.94. The molecule has 0 aromatic heterocycles. The quantitative estimate of drug-likeness (QED) is 0.494. The zero-order valence-electron chi connectivity index (χ0n) is 5.19. The molecule has 2 rings (SSSR count). The molecule has 1 aliphatic carbocycles. The van der Waals surface area contributed by atoms with Crippen molar-refractivity contribution in [2.24, 2.45) is 5.92 Å². The molecule has 2 aliphatic rings. The van der Waals surface area contributed by atoms with Gasteiger partial charge < -0.3 is 5.32 Å². The maximum absolute atomic E-state index is 3.52. The fourth-order valence-corrected chi connectivity index (χ4v) is 1.64. The van der Waals surface area contributed by atoms with E-state index in [9.17, 15) is 0 Å². The summed E-state index contributed by atoms with van der Waals surface area (Å²) in [4.78, 5) is 0. The predicted molar refractivity (Wildman–Crippen MR) is 33.7 cm³/mol. The minimum atomic E-state index is 0.942. The Morgan fingerprint density at radius 3 is 3.25 bits per heavy atom. The molecule has 1 heteroatoms. The summed E-state index contributed by atoms with van der Waals surface area (Å²) < 4.78 is 0. The average molecular weight is 111 g/mol. The van der Waals surface area contributed by atoms with Gasteiger partial charge in [-0.05, 0) is 31.7 Å². The summed E-state index contributed by atoms with van der Waals surface area (Å²) in [6, 6.07) is 0.942. The lowest BCUT2D eigenvalue weighted by Crippen LogP contribution is -2.16. The second kappa shape index (κ2) is 1.73. The highest BCUT2D eigenvalue weighted by molar-refractivity contribution is 4.94. The molecule has 1 N–H and O–H groups in total. The van der Waals surface area contributed by atoms with Crippen LogP contribution in [0.15, 0.2) is 0 Å². The number of hydrogen-bond donors (Lipinski definition) is 1. The van der Waals surface area contributed by atoms with Gasteiger partial charge in [-0.25, -0.2) is 0 Å². The highest BCUT2D eigenvalue weighted by atomic mass is 15.0. The predicted octanol–water partition coefficient (Wildman–Crippen LogP) is 1.15. The van der Waals surface area contributed by atoms with Gasteiger partial charge in [0.05, 0.1) is 0 Å². The Morgan fingerprint density at radius 1 is 1.25 bits per heavy atom. The molecule has 2 fully saturated rings. The summed E-state index contributed by atoms with van der Waals surface area (Å²) >= 11 is 0. The Balaban J connectivity index is 1.89. The molecule has 0 aromatic rings. The van der Waals surface area contributed by atoms with Crippen LogP contribution in [-0.2, 0) is 0 Å². The van der Waals surface area contributed by atoms with E-state index in [4.69, 9.17) is 0 Å². The topological polar surface area (TPSA) is 12.0 Å². The molecule has 1 saturated heterocycles. The van der Waals surface area contributed by atoms with Gasteiger partial charge in [-0.15, -0.1) is 0 Å². The lowest BCUT2D eigenvalue weighted by atomic mass is 10.2. The van der Waals surface area contributed by atoms with Gasteiger partial charge in [0, 0.05) is 6.04 Å². The SMILES string of the molecule is C1CC[C@H]2C[C@@H]2NC1. The molecule has 1 saturated carbocycles. The van der Waals surface area contributed by atoms with Gasteiger partial charge in [0.2, 0.25) is 0 Å². The van der Waals surface area contributed by atoms with Gasteiger partial charge in [0.15, 0.2) is 0 Å². The van der Waals surface area contributed by atoms with Crippen LogP contribution < -0.4 is 5.32 Å². The summed E-state index contributed by atoms with van der Waals surface area (Å²) in [5, 5.41) is 3.52. The zero-order valence-corrected chi connectivity index (χ0v) is 5.19. The molecule has 0 amide bonds. The van der Waals surface area contributed by atoms with E-state index in [0.717, 1.165) is 12.0 Å². The molecule has 2 atom stereocenters. The molecular weight excluding hydrogens is 98.1 g/mol. The van der Waals surface area contributed by atoms with E-state index < -0.39 is 0 Å². The van der Waals surface area contributed by atoms with E-state index >= 15 is 0 Å². The summed E-state index contributed by atoms with van der Waals surface area (Å²) in [7, 11) is 0. The van der Waals surface area contributed by atoms with Crippen LogP contribution in [0.3, 0.4) is 0 Å². The van der Waals surface area contributed by atoms with Crippen LogP contribution in [0.1, 0.15) is 25.7 Å². The molecule has 0 spiro atoms. The summed E-state index contributed by atoms with van der Waals surface area (Å²) in [5.74, 6) is 1.08. The smallest absolute Gasteiger partial charge is 0.00991 e. The first-order valence-electron chi connectivity index (χ1n) is 3.70. The Bertz CT molecular complexity index is 80.4. The summed E-state index contributed by atoms with van der Waals surface area (Å²) in [5.41, 5.74) is 0. The van der Waals surface area contributed by atoms with Gasteiger partial charge in [-0.2, -0.15) is 0 Å². The fraction of sp³-hybridized carbons (Fsp3) is 1.00. The highest BCUT2D eigenvalue weighted by Crippen LogP contribution is 2.36. The third kappa shape index (κ3) is 0.752. The van der Waals surface area contributed by atoms with E-state index in [1.54, 1.807) is 0 Å². The van der Waals surface area contributed by atoms with Gasteiger partial charge in [0.25, 0.3) is 0 Å². The number of fused-ring (bicyclic) bond motifs is 1. The van der Waals surface area contributed by atoms with Crippen LogP contribution in [0.2, 0.25) is 0 Å². The third-order valence-electron chi connectivity index (χ3n) is 2.33. The Labute approximate surface area is 50.5 Å². The van der Waals surface area contributed by atoms with Crippen LogP contribution in [0.25, 0.3) is 0 Å². The Morgan fingerprint density at radius 2 is 2.25 bits per heavy atom. The van der Waals surface area contributed by atoms with Gasteiger partial charge in [0.1, 0.15) is 0 Å². The van der Waals surface area contributed by atoms with Crippen molar-refractivity contribution in [3.8, 4) is 0 Å². The van der Waals surface area contributed by atoms with Crippen molar-refractivity contribution in [2.45, 2.75) is 31.7 Å². The van der Waals surface area contributed by atoms with Crippen LogP contribution in [-0.4, -0.2) is 12.6 Å². The van der Waals surface area contributed by atoms with E-state index in [0.29, 0.717) is 0 Å². The largest absolute Gasteiger partial charge is 0.314 e. The second-order valence-electron chi connectivity index (χ2n) is 3.05. The van der Waals surface area contributed by atoms with E-state index in [2.05, 4.69) is 5.32 Å². The highest BCUT2D eigenvalue weighted by Gasteiger charge is 2.36. The normalized spacial score (nSPS) is 45.0. The molecule has 0 bridgehead atoms. The molecule has 1 aliphatic heterocycles. The molecule has 8 heavy (non-hydrogen) atoms. The van der Waals surface area contributed by atoms with Gasteiger partial charge in [-0.3, -0.25) is 0 Å². The Hall–Kier alpha value is -0.0400. The lowest BCUT2D eigenvalue weighted by molar-refractivity contribution is 0.656. The van der Waals surface area contributed by atoms with E-state index in [1.807, 2.05) is 0 Å². The molecule has 0 unspecified atom stereocenters. The average Bonchev–Trinajstić information content (AvgIpc) is 2.36. The van der Waals surface area contributed by atoms with Crippen molar-refractivity contribution in [3.63, 3.8) is 0 Å². The van der Waals surface area contributed by atoms with Gasteiger partial charge in [-0.1, -0.05) is 6.42 Å². The number of rotatable bonds is 0. The van der Waals surface area contributed by atoms with Crippen molar-refractivity contribution in [1.29, 1.82) is 0 Å². The van der Waals surface area contributed by atoms with Crippen LogP contribution in [0.4, 0.5) is 0 Å². The van der Waals surface area contributed by atoms with Crippen molar-refractivity contribution >= 4 is 0 Å². The fourth-order valence-electron chi connectivity index (χ4n) is 1.64. The van der Waals surface area contributed by atoms with Crippen molar-refractivity contribution in [3.05, 3.63) is 0 Å². The maximum Gasteiger partial charge on any atom is 0.00991 e. The monoisotopic (exact) mass is 111 g/mol. The molecule has 0 aromatic carbocycles. The maximum atomic E-state index is 3.52.